The maximum atomic E-state index is 2.44. The number of benzene rings is 1. The van der Waals surface area contributed by atoms with Crippen LogP contribution in [0.25, 0.3) is 20.9 Å². The summed E-state index contributed by atoms with van der Waals surface area (Å²) in [4.78, 5) is 8.70. The molecule has 3 rings (SSSR count). The number of hydrogen-bond donors (Lipinski definition) is 0. The van der Waals surface area contributed by atoms with Crippen molar-refractivity contribution in [3.8, 4) is 20.9 Å². The molecule has 2 heterocycles. The van der Waals surface area contributed by atoms with Crippen molar-refractivity contribution in [2.24, 2.45) is 0 Å². The van der Waals surface area contributed by atoms with Gasteiger partial charge in [0.25, 0.3) is 0 Å². The van der Waals surface area contributed by atoms with Crippen LogP contribution in [-0.4, -0.2) is 12.5 Å². The number of thiophene rings is 2. The Morgan fingerprint density at radius 1 is 0.594 bits per heavy atom. The quantitative estimate of drug-likeness (QED) is 0.159. The third-order valence-electron chi connectivity index (χ3n) is 5.93. The molecule has 4 heteroatoms. The molecule has 2 aromatic heterocycles. The lowest BCUT2D eigenvalue weighted by Crippen LogP contribution is -1.86. The van der Waals surface area contributed by atoms with Crippen LogP contribution >= 0.6 is 46.2 Å². The number of rotatable bonds is 14. The van der Waals surface area contributed by atoms with Gasteiger partial charge in [-0.15, -0.1) is 46.2 Å². The average molecular weight is 503 g/mol. The SMILES string of the molecule is CCCCCCc1ccc(-c2cc(SC)c(-c3ccc(CCCCCC)s3)cc2SC)s1. The zero-order chi connectivity index (χ0) is 22.8. The minimum Gasteiger partial charge on any atom is -0.140 e. The molecule has 0 nitrogen and oxygen atoms in total. The van der Waals surface area contributed by atoms with Crippen LogP contribution in [0.3, 0.4) is 0 Å². The molecule has 0 radical (unpaired) electrons. The van der Waals surface area contributed by atoms with Crippen molar-refractivity contribution in [2.75, 3.05) is 12.5 Å². The molecule has 0 aliphatic carbocycles. The summed E-state index contributed by atoms with van der Waals surface area (Å²) < 4.78 is 0. The van der Waals surface area contributed by atoms with Gasteiger partial charge in [-0.3, -0.25) is 0 Å². The summed E-state index contributed by atoms with van der Waals surface area (Å²) in [5, 5.41) is 0. The van der Waals surface area contributed by atoms with E-state index in [0.717, 1.165) is 0 Å². The second-order valence-electron chi connectivity index (χ2n) is 8.41. The maximum absolute atomic E-state index is 2.44. The first-order valence-corrected chi connectivity index (χ1v) is 16.2. The molecule has 0 saturated carbocycles. The minimum atomic E-state index is 1.23. The number of aryl methyl sites for hydroxylation is 2. The Balaban J connectivity index is 1.80. The highest BCUT2D eigenvalue weighted by Crippen LogP contribution is 2.43. The zero-order valence-corrected chi connectivity index (χ0v) is 23.4. The van der Waals surface area contributed by atoms with E-state index in [1.165, 1.54) is 105 Å². The third-order valence-corrected chi connectivity index (χ3v) is 9.84. The van der Waals surface area contributed by atoms with Crippen molar-refractivity contribution in [2.45, 2.75) is 87.8 Å². The first kappa shape index (κ1) is 25.9. The summed E-state index contributed by atoms with van der Waals surface area (Å²) in [6.45, 7) is 4.57. The fourth-order valence-corrected chi connectivity index (χ4v) is 7.59. The molecule has 0 bridgehead atoms. The lowest BCUT2D eigenvalue weighted by molar-refractivity contribution is 0.670. The summed E-state index contributed by atoms with van der Waals surface area (Å²) in [7, 11) is 0. The van der Waals surface area contributed by atoms with Crippen LogP contribution in [0.2, 0.25) is 0 Å². The highest BCUT2D eigenvalue weighted by atomic mass is 32.2. The monoisotopic (exact) mass is 502 g/mol. The van der Waals surface area contributed by atoms with Crippen LogP contribution in [0.5, 0.6) is 0 Å². The van der Waals surface area contributed by atoms with Crippen LogP contribution in [0.15, 0.2) is 46.2 Å². The van der Waals surface area contributed by atoms with Crippen LogP contribution in [0.4, 0.5) is 0 Å². The molecule has 0 aliphatic heterocycles. The van der Waals surface area contributed by atoms with Gasteiger partial charge in [0, 0.05) is 40.4 Å². The maximum Gasteiger partial charge on any atom is 0.0357 e. The number of hydrogen-bond acceptors (Lipinski definition) is 4. The molecule has 0 fully saturated rings. The molecule has 0 spiro atoms. The second kappa shape index (κ2) is 13.9. The van der Waals surface area contributed by atoms with E-state index >= 15 is 0 Å². The van der Waals surface area contributed by atoms with E-state index in [9.17, 15) is 0 Å². The molecule has 0 amide bonds. The second-order valence-corrected chi connectivity index (χ2v) is 12.4. The first-order valence-electron chi connectivity index (χ1n) is 12.1. The summed E-state index contributed by atoms with van der Waals surface area (Å²) in [6, 6.07) is 14.3. The van der Waals surface area contributed by atoms with Crippen molar-refractivity contribution < 1.29 is 0 Å². The van der Waals surface area contributed by atoms with E-state index in [1.807, 2.05) is 46.2 Å². The van der Waals surface area contributed by atoms with Crippen LogP contribution < -0.4 is 0 Å². The number of unbranched alkanes of at least 4 members (excludes halogenated alkanes) is 6. The lowest BCUT2D eigenvalue weighted by Gasteiger charge is -2.13. The Morgan fingerprint density at radius 2 is 1.03 bits per heavy atom. The third kappa shape index (κ3) is 7.16. The van der Waals surface area contributed by atoms with Crippen LogP contribution in [0.1, 0.15) is 75.0 Å². The normalized spacial score (nSPS) is 11.4. The van der Waals surface area contributed by atoms with Crippen molar-refractivity contribution >= 4 is 46.2 Å². The fourth-order valence-electron chi connectivity index (χ4n) is 4.05. The standard InChI is InChI=1S/C28H38S4/c1-5-7-9-11-13-21-15-17-25(31-21)23-19-28(30-4)24(20-27(23)29-3)26-18-16-22(32-26)14-12-10-8-6-2/h15-20H,5-14H2,1-4H3. The summed E-state index contributed by atoms with van der Waals surface area (Å²) in [6.07, 6.45) is 17.6. The Bertz CT molecular complexity index is 872. The molecule has 3 aromatic rings. The molecular formula is C28H38S4. The van der Waals surface area contributed by atoms with Gasteiger partial charge in [-0.1, -0.05) is 52.4 Å². The van der Waals surface area contributed by atoms with Crippen molar-refractivity contribution in [1.29, 1.82) is 0 Å². The molecule has 0 saturated heterocycles. The molecule has 0 N–H and O–H groups in total. The molecule has 174 valence electrons. The fraction of sp³-hybridized carbons (Fsp3) is 0.500. The average Bonchev–Trinajstić information content (AvgIpc) is 3.48. The van der Waals surface area contributed by atoms with Gasteiger partial charge in [0.1, 0.15) is 0 Å². The summed E-state index contributed by atoms with van der Waals surface area (Å²) >= 11 is 7.74. The predicted molar refractivity (Wildman–Crippen MR) is 152 cm³/mol. The summed E-state index contributed by atoms with van der Waals surface area (Å²) in [5.74, 6) is 0. The van der Waals surface area contributed by atoms with Crippen molar-refractivity contribution in [3.63, 3.8) is 0 Å². The molecular weight excluding hydrogens is 465 g/mol. The highest BCUT2D eigenvalue weighted by molar-refractivity contribution is 7.99. The Morgan fingerprint density at radius 3 is 1.41 bits per heavy atom. The first-order chi connectivity index (χ1) is 15.7. The van der Waals surface area contributed by atoms with Gasteiger partial charge < -0.3 is 0 Å². The Kier molecular flexibility index (Phi) is 11.3. The highest BCUT2D eigenvalue weighted by Gasteiger charge is 2.15. The Hall–Kier alpha value is -0.680. The molecule has 0 aliphatic rings. The van der Waals surface area contributed by atoms with Gasteiger partial charge in [-0.05, 0) is 74.6 Å². The predicted octanol–water partition coefficient (Wildman–Crippen LogP) is 10.8. The van der Waals surface area contributed by atoms with E-state index in [4.69, 9.17) is 0 Å². The molecule has 1 aromatic carbocycles. The van der Waals surface area contributed by atoms with E-state index < -0.39 is 0 Å². The van der Waals surface area contributed by atoms with Gasteiger partial charge in [-0.25, -0.2) is 0 Å². The lowest BCUT2D eigenvalue weighted by atomic mass is 10.1. The molecule has 0 unspecified atom stereocenters. The van der Waals surface area contributed by atoms with Gasteiger partial charge >= 0.3 is 0 Å². The topological polar surface area (TPSA) is 0 Å². The Labute approximate surface area is 212 Å². The van der Waals surface area contributed by atoms with Gasteiger partial charge in [0.05, 0.1) is 0 Å². The minimum absolute atomic E-state index is 1.23. The molecule has 0 atom stereocenters. The summed E-state index contributed by atoms with van der Waals surface area (Å²) in [5.41, 5.74) is 2.82. The smallest absolute Gasteiger partial charge is 0.0357 e. The molecule has 32 heavy (non-hydrogen) atoms. The van der Waals surface area contributed by atoms with E-state index in [2.05, 4.69) is 62.8 Å². The van der Waals surface area contributed by atoms with E-state index in [1.54, 1.807) is 0 Å². The van der Waals surface area contributed by atoms with Crippen molar-refractivity contribution in [1.82, 2.24) is 0 Å². The van der Waals surface area contributed by atoms with E-state index in [0.29, 0.717) is 0 Å². The van der Waals surface area contributed by atoms with Gasteiger partial charge in [0.2, 0.25) is 0 Å². The van der Waals surface area contributed by atoms with Gasteiger partial charge in [-0.2, -0.15) is 0 Å². The van der Waals surface area contributed by atoms with Crippen molar-refractivity contribution in [3.05, 3.63) is 46.2 Å². The number of thioether (sulfide) groups is 2. The zero-order valence-electron chi connectivity index (χ0n) is 20.2. The van der Waals surface area contributed by atoms with Crippen LogP contribution in [0, 0.1) is 0 Å². The largest absolute Gasteiger partial charge is 0.140 e. The van der Waals surface area contributed by atoms with Gasteiger partial charge in [0.15, 0.2) is 0 Å². The van der Waals surface area contributed by atoms with Crippen LogP contribution in [-0.2, 0) is 12.8 Å². The van der Waals surface area contributed by atoms with E-state index in [-0.39, 0.29) is 0 Å².